The normalized spacial score (nSPS) is 41.4. The quantitative estimate of drug-likeness (QED) is 0.280. The minimum absolute atomic E-state index is 0. The van der Waals surface area contributed by atoms with Gasteiger partial charge in [0.25, 0.3) is 0 Å². The summed E-state index contributed by atoms with van der Waals surface area (Å²) in [6.07, 6.45) is 19.1. The molecule has 14 atom stereocenters. The molecule has 7 aliphatic carbocycles. The molecule has 7 saturated carbocycles. The van der Waals surface area contributed by atoms with Gasteiger partial charge in [-0.2, -0.15) is 0 Å². The van der Waals surface area contributed by atoms with Crippen LogP contribution in [0.4, 0.5) is 4.39 Å². The van der Waals surface area contributed by atoms with E-state index in [0.29, 0.717) is 47.8 Å². The van der Waals surface area contributed by atoms with E-state index in [9.17, 15) is 19.1 Å². The molecular weight excluding hydrogens is 766 g/mol. The van der Waals surface area contributed by atoms with E-state index >= 15 is 4.79 Å². The third kappa shape index (κ3) is 7.69. The van der Waals surface area contributed by atoms with Gasteiger partial charge in [0.2, 0.25) is 5.91 Å². The third-order valence-corrected chi connectivity index (χ3v) is 18.9. The predicted molar refractivity (Wildman–Crippen MR) is 238 cm³/mol. The highest BCUT2D eigenvalue weighted by molar-refractivity contribution is 5.84. The second kappa shape index (κ2) is 16.7. The molecule has 1 aromatic carbocycles. The number of hydrogen-bond donors (Lipinski definition) is 2. The number of halogens is 1. The lowest BCUT2D eigenvalue weighted by Crippen LogP contribution is -2.62. The van der Waals surface area contributed by atoms with Crippen LogP contribution in [0, 0.1) is 80.7 Å². The fourth-order valence-electron chi connectivity index (χ4n) is 15.1. The number of carboxylic acid groups (broad SMARTS) is 1. The van der Waals surface area contributed by atoms with Gasteiger partial charge in [-0.05, 0) is 166 Å². The number of nitrogens with one attached hydrogen (secondary N) is 1. The Balaban J connectivity index is 0.000000749. The van der Waals surface area contributed by atoms with Crippen LogP contribution in [0.1, 0.15) is 171 Å². The van der Waals surface area contributed by atoms with Gasteiger partial charge in [0.05, 0.1) is 35.2 Å². The summed E-state index contributed by atoms with van der Waals surface area (Å²) >= 11 is 0. The van der Waals surface area contributed by atoms with E-state index in [2.05, 4.69) is 44.5 Å². The van der Waals surface area contributed by atoms with Gasteiger partial charge in [0.15, 0.2) is 0 Å². The molecule has 2 aromatic rings. The number of esters is 1. The molecule has 14 unspecified atom stereocenters. The highest BCUT2D eigenvalue weighted by atomic mass is 19.1. The van der Waals surface area contributed by atoms with Crippen LogP contribution in [-0.4, -0.2) is 50.5 Å². The first-order valence-corrected chi connectivity index (χ1v) is 23.6. The number of aromatic nitrogens is 2. The van der Waals surface area contributed by atoms with Crippen molar-refractivity contribution in [3.63, 3.8) is 0 Å². The fraction of sp³-hybridized carbons (Fsp3) is 0.769. The van der Waals surface area contributed by atoms with Crippen molar-refractivity contribution < 1.29 is 28.6 Å². The van der Waals surface area contributed by atoms with Crippen molar-refractivity contribution in [3.8, 4) is 11.3 Å². The molecule has 1 aromatic heterocycles. The van der Waals surface area contributed by atoms with Crippen LogP contribution in [0.25, 0.3) is 11.3 Å². The molecule has 0 bridgehead atoms. The van der Waals surface area contributed by atoms with Gasteiger partial charge < -0.3 is 19.7 Å². The Morgan fingerprint density at radius 2 is 1.52 bits per heavy atom. The molecule has 8 aliphatic rings. The van der Waals surface area contributed by atoms with Crippen LogP contribution >= 0.6 is 0 Å². The molecule has 9 heteroatoms. The summed E-state index contributed by atoms with van der Waals surface area (Å²) in [7, 11) is 0. The summed E-state index contributed by atoms with van der Waals surface area (Å²) in [6, 6.07) is 6.52. The van der Waals surface area contributed by atoms with Crippen molar-refractivity contribution in [3.05, 3.63) is 42.1 Å². The summed E-state index contributed by atoms with van der Waals surface area (Å²) in [5.74, 6) is 2.13. The number of imidazole rings is 1. The van der Waals surface area contributed by atoms with Gasteiger partial charge in [-0.15, -0.1) is 0 Å². The molecule has 8 nitrogen and oxygen atoms in total. The fourth-order valence-corrected chi connectivity index (χ4v) is 15.1. The molecule has 0 spiro atoms. The Kier molecular flexibility index (Phi) is 12.5. The van der Waals surface area contributed by atoms with E-state index in [4.69, 9.17) is 9.72 Å². The molecule has 338 valence electrons. The zero-order valence-electron chi connectivity index (χ0n) is 36.6. The van der Waals surface area contributed by atoms with Crippen molar-refractivity contribution >= 4 is 17.8 Å². The summed E-state index contributed by atoms with van der Waals surface area (Å²) in [5.41, 5.74) is 2.49. The number of carbonyl (C=O) groups excluding carboxylic acids is 2. The van der Waals surface area contributed by atoms with Crippen molar-refractivity contribution in [2.75, 3.05) is 6.54 Å². The predicted octanol–water partition coefficient (Wildman–Crippen LogP) is 12.3. The third-order valence-electron chi connectivity index (χ3n) is 18.9. The number of fused-ring (bicyclic) bond motifs is 7. The SMILES string of the molecule is C.C.CC1(C)CC1.CC1C(C(=O)O)CC1C(=O)OC1CCC2(C)C(CCC3(C)C4CCC5(C(=O)N6CCCC6c6ncc(-c7cccc(F)c7)[nH]6)CCCC5C4CCC23)C1C. The van der Waals surface area contributed by atoms with Crippen molar-refractivity contribution in [1.29, 1.82) is 0 Å². The summed E-state index contributed by atoms with van der Waals surface area (Å²) in [5, 5.41) is 9.44. The van der Waals surface area contributed by atoms with Crippen molar-refractivity contribution in [2.45, 2.75) is 171 Å². The van der Waals surface area contributed by atoms with Crippen LogP contribution in [0.2, 0.25) is 0 Å². The number of carbonyl (C=O) groups is 3. The summed E-state index contributed by atoms with van der Waals surface area (Å²) < 4.78 is 20.3. The minimum Gasteiger partial charge on any atom is -0.481 e. The molecule has 10 rings (SSSR count). The molecule has 1 saturated heterocycles. The van der Waals surface area contributed by atoms with E-state index in [1.54, 1.807) is 12.3 Å². The van der Waals surface area contributed by atoms with Crippen molar-refractivity contribution in [1.82, 2.24) is 14.9 Å². The molecule has 61 heavy (non-hydrogen) atoms. The second-order valence-corrected chi connectivity index (χ2v) is 22.3. The van der Waals surface area contributed by atoms with Gasteiger partial charge in [0.1, 0.15) is 17.7 Å². The first-order valence-electron chi connectivity index (χ1n) is 23.6. The van der Waals surface area contributed by atoms with Crippen LogP contribution in [-0.2, 0) is 19.1 Å². The van der Waals surface area contributed by atoms with E-state index in [-0.39, 0.29) is 66.9 Å². The molecular formula is C52H78FN3O5. The Hall–Kier alpha value is -3.23. The van der Waals surface area contributed by atoms with E-state index in [0.717, 1.165) is 93.2 Å². The zero-order chi connectivity index (χ0) is 41.6. The number of likely N-dealkylation sites (tertiary alicyclic amines) is 1. The number of amides is 1. The standard InChI is InChI=1S/C45H60FN3O5.C5H10.2CH4/c1-25-30(40(50)51)23-31(25)41(52)54-37-16-19-43(3)32(26(37)2)14-18-44(4)33-15-20-45(17-6-10-34(45)29(33)12-13-38(43)44)42(53)49-21-7-11-36(49)39-47-24-35(48-39)27-8-5-9-28(46)22-27;1-5(2)3-4-5;;/h5,8-9,22,24-26,29-34,36-38H,6-7,10-21,23H2,1-4H3,(H,47,48)(H,50,51);3-4H2,1-2H3;2*1H4. The van der Waals surface area contributed by atoms with Gasteiger partial charge >= 0.3 is 11.9 Å². The maximum absolute atomic E-state index is 15.0. The molecule has 2 N–H and O–H groups in total. The van der Waals surface area contributed by atoms with E-state index in [1.165, 1.54) is 44.2 Å². The number of ether oxygens (including phenoxy) is 1. The first-order chi connectivity index (χ1) is 28.1. The van der Waals surface area contributed by atoms with Crippen LogP contribution in [0.15, 0.2) is 30.5 Å². The largest absolute Gasteiger partial charge is 0.481 e. The van der Waals surface area contributed by atoms with Gasteiger partial charge in [-0.25, -0.2) is 9.37 Å². The highest BCUT2D eigenvalue weighted by Crippen LogP contribution is 2.72. The topological polar surface area (TPSA) is 113 Å². The Morgan fingerprint density at radius 1 is 0.820 bits per heavy atom. The molecule has 8 fully saturated rings. The number of aromatic amines is 1. The Morgan fingerprint density at radius 3 is 2.21 bits per heavy atom. The first kappa shape index (κ1) is 45.8. The number of H-pyrrole nitrogens is 1. The maximum atomic E-state index is 15.0. The summed E-state index contributed by atoms with van der Waals surface area (Å²) in [6.45, 7) is 14.7. The minimum atomic E-state index is -0.805. The Bertz CT molecular complexity index is 1940. The van der Waals surface area contributed by atoms with Gasteiger partial charge in [0, 0.05) is 12.1 Å². The number of hydrogen-bond acceptors (Lipinski definition) is 5. The average molecular weight is 844 g/mol. The lowest BCUT2D eigenvalue weighted by molar-refractivity contribution is -0.206. The zero-order valence-corrected chi connectivity index (χ0v) is 36.6. The summed E-state index contributed by atoms with van der Waals surface area (Å²) in [4.78, 5) is 50.2. The van der Waals surface area contributed by atoms with Crippen LogP contribution in [0.3, 0.4) is 0 Å². The Labute approximate surface area is 366 Å². The monoisotopic (exact) mass is 844 g/mol. The molecule has 0 radical (unpaired) electrons. The average Bonchev–Trinajstić information content (AvgIpc) is 3.66. The second-order valence-electron chi connectivity index (χ2n) is 22.3. The molecule has 2 heterocycles. The van der Waals surface area contributed by atoms with Gasteiger partial charge in [-0.1, -0.05) is 74.9 Å². The lowest BCUT2D eigenvalue weighted by Gasteiger charge is -2.67. The lowest BCUT2D eigenvalue weighted by atomic mass is 9.37. The smallest absolute Gasteiger partial charge is 0.309 e. The number of rotatable bonds is 6. The number of carboxylic acids is 1. The van der Waals surface area contributed by atoms with Gasteiger partial charge in [-0.3, -0.25) is 14.4 Å². The van der Waals surface area contributed by atoms with Crippen LogP contribution in [0.5, 0.6) is 0 Å². The molecule has 1 aliphatic heterocycles. The molecule has 1 amide bonds. The highest BCUT2D eigenvalue weighted by Gasteiger charge is 2.66. The number of benzene rings is 1. The number of nitrogens with zero attached hydrogens (tertiary/aromatic N) is 2. The maximum Gasteiger partial charge on any atom is 0.309 e. The number of aliphatic carboxylic acids is 1. The van der Waals surface area contributed by atoms with E-state index in [1.807, 2.05) is 13.0 Å². The van der Waals surface area contributed by atoms with Crippen molar-refractivity contribution in [2.24, 2.45) is 74.9 Å². The van der Waals surface area contributed by atoms with Crippen LogP contribution < -0.4 is 0 Å². The van der Waals surface area contributed by atoms with E-state index < -0.39 is 11.9 Å².